The third-order valence-electron chi connectivity index (χ3n) is 2.07. The first kappa shape index (κ1) is 10.9. The van der Waals surface area contributed by atoms with Crippen molar-refractivity contribution in [3.05, 3.63) is 29.3 Å². The summed E-state index contributed by atoms with van der Waals surface area (Å²) in [6, 6.07) is 5.15. The van der Waals surface area contributed by atoms with Crippen LogP contribution in [0.4, 0.5) is 0 Å². The molecule has 71 valence electrons. The summed E-state index contributed by atoms with van der Waals surface area (Å²) >= 11 is 0. The summed E-state index contributed by atoms with van der Waals surface area (Å²) in [6.45, 7) is 3.29. The van der Waals surface area contributed by atoms with Crippen molar-refractivity contribution in [2.45, 2.75) is 20.3 Å². The lowest BCUT2D eigenvalue weighted by atomic mass is 10.0. The van der Waals surface area contributed by atoms with Crippen molar-refractivity contribution in [1.29, 1.82) is 0 Å². The zero-order valence-corrected chi connectivity index (χ0v) is 9.26. The average Bonchev–Trinajstić information content (AvgIpc) is 2.16. The molecule has 3 heteroatoms. The summed E-state index contributed by atoms with van der Waals surface area (Å²) in [6.07, 6.45) is 0.443. The summed E-state index contributed by atoms with van der Waals surface area (Å²) in [5.74, 6) is -0.00106. The Bertz CT molecular complexity index is 383. The van der Waals surface area contributed by atoms with Crippen LogP contribution in [-0.2, 0) is 0 Å². The third kappa shape index (κ3) is 1.99. The molecule has 0 aliphatic rings. The zero-order chi connectivity index (χ0) is 10.7. The molecule has 1 rings (SSSR count). The fourth-order valence-corrected chi connectivity index (χ4v) is 1.75. The van der Waals surface area contributed by atoms with Gasteiger partial charge in [-0.25, -0.2) is 0 Å². The minimum atomic E-state index is -0.0410. The van der Waals surface area contributed by atoms with E-state index in [1.54, 1.807) is 25.1 Å². The van der Waals surface area contributed by atoms with Crippen molar-refractivity contribution in [2.24, 2.45) is 0 Å². The molecule has 0 aliphatic carbocycles. The maximum atomic E-state index is 11.5. The predicted molar refractivity (Wildman–Crippen MR) is 56.5 cm³/mol. The maximum Gasteiger partial charge on any atom is 0.162 e. The fraction of sp³-hybridized carbons (Fsp3) is 0.273. The van der Waals surface area contributed by atoms with Crippen LogP contribution in [0.25, 0.3) is 0 Å². The van der Waals surface area contributed by atoms with Gasteiger partial charge in [-0.05, 0) is 12.1 Å². The van der Waals surface area contributed by atoms with Gasteiger partial charge in [0, 0.05) is 17.5 Å². The van der Waals surface area contributed by atoms with E-state index in [9.17, 15) is 9.59 Å². The molecule has 0 aliphatic heterocycles. The van der Waals surface area contributed by atoms with Gasteiger partial charge in [-0.15, -0.1) is 0 Å². The van der Waals surface area contributed by atoms with E-state index in [1.165, 1.54) is 6.92 Å². The minimum Gasteiger partial charge on any atom is -0.295 e. The quantitative estimate of drug-likeness (QED) is 0.548. The summed E-state index contributed by atoms with van der Waals surface area (Å²) in [5.41, 5.74) is 1.14. The zero-order valence-electron chi connectivity index (χ0n) is 8.26. The number of Topliss-reactive ketones (excluding diaryl/α,β-unsaturated/α-hetero) is 2. The molecule has 0 bridgehead atoms. The number of carbonyl (C=O) groups excluding carboxylic acids is 2. The molecule has 0 spiro atoms. The lowest BCUT2D eigenvalue weighted by Crippen LogP contribution is -2.21. The van der Waals surface area contributed by atoms with Crippen molar-refractivity contribution in [3.63, 3.8) is 0 Å². The molecule has 3 radical (unpaired) electrons. The van der Waals surface area contributed by atoms with Crippen LogP contribution < -0.4 is 5.19 Å². The molecule has 0 atom stereocenters. The second-order valence-corrected chi connectivity index (χ2v) is 3.56. The first-order valence-corrected chi connectivity index (χ1v) is 4.96. The van der Waals surface area contributed by atoms with E-state index in [0.717, 1.165) is 0 Å². The monoisotopic (exact) mass is 203 g/mol. The molecule has 2 nitrogen and oxygen atoms in total. The van der Waals surface area contributed by atoms with E-state index in [1.807, 2.05) is 0 Å². The van der Waals surface area contributed by atoms with Crippen LogP contribution in [0.5, 0.6) is 0 Å². The standard InChI is InChI=1S/C11H11O2Si/c1-3-10(13)9-6-4-5-8(7(2)12)11(9)14/h4-6H,3H2,1-2H3. The SMILES string of the molecule is CCC(=O)c1cccc(C(C)=O)c1[Si]. The largest absolute Gasteiger partial charge is 0.295 e. The summed E-state index contributed by atoms with van der Waals surface area (Å²) in [4.78, 5) is 22.7. The number of ketones is 2. The van der Waals surface area contributed by atoms with Gasteiger partial charge >= 0.3 is 0 Å². The van der Waals surface area contributed by atoms with Crippen LogP contribution in [0.3, 0.4) is 0 Å². The van der Waals surface area contributed by atoms with E-state index in [0.29, 0.717) is 22.7 Å². The van der Waals surface area contributed by atoms with Crippen LogP contribution in [0.15, 0.2) is 18.2 Å². The van der Waals surface area contributed by atoms with Gasteiger partial charge in [0.25, 0.3) is 0 Å². The highest BCUT2D eigenvalue weighted by molar-refractivity contribution is 6.40. The molecule has 0 heterocycles. The first-order chi connectivity index (χ1) is 6.57. The topological polar surface area (TPSA) is 34.1 Å². The lowest BCUT2D eigenvalue weighted by Gasteiger charge is -2.06. The number of hydrogen-bond acceptors (Lipinski definition) is 2. The molecule has 0 amide bonds. The molecule has 14 heavy (non-hydrogen) atoms. The second kappa shape index (κ2) is 4.33. The summed E-state index contributed by atoms with van der Waals surface area (Å²) < 4.78 is 0. The van der Waals surface area contributed by atoms with Crippen molar-refractivity contribution < 1.29 is 9.59 Å². The van der Waals surface area contributed by atoms with Crippen LogP contribution in [-0.4, -0.2) is 21.8 Å². The lowest BCUT2D eigenvalue weighted by molar-refractivity contribution is 0.0989. The predicted octanol–water partition coefficient (Wildman–Crippen LogP) is 1.28. The maximum absolute atomic E-state index is 11.5. The Hall–Kier alpha value is -1.22. The Morgan fingerprint density at radius 2 is 1.86 bits per heavy atom. The van der Waals surface area contributed by atoms with Crippen LogP contribution >= 0.6 is 0 Å². The Morgan fingerprint density at radius 1 is 1.29 bits per heavy atom. The Labute approximate surface area is 86.8 Å². The van der Waals surface area contributed by atoms with Gasteiger partial charge in [-0.3, -0.25) is 9.59 Å². The normalized spacial score (nSPS) is 9.93. The van der Waals surface area contributed by atoms with E-state index in [4.69, 9.17) is 0 Å². The van der Waals surface area contributed by atoms with E-state index < -0.39 is 0 Å². The van der Waals surface area contributed by atoms with Crippen LogP contribution in [0.1, 0.15) is 41.0 Å². The van der Waals surface area contributed by atoms with Crippen molar-refractivity contribution in [3.8, 4) is 0 Å². The molecule has 0 saturated carbocycles. The van der Waals surface area contributed by atoms with Crippen molar-refractivity contribution in [2.75, 3.05) is 0 Å². The van der Waals surface area contributed by atoms with Gasteiger partial charge in [0.05, 0.1) is 10.2 Å². The molecule has 0 fully saturated rings. The third-order valence-corrected chi connectivity index (χ3v) is 2.60. The first-order valence-electron chi connectivity index (χ1n) is 4.46. The van der Waals surface area contributed by atoms with Crippen LogP contribution in [0.2, 0.25) is 0 Å². The fourth-order valence-electron chi connectivity index (χ4n) is 1.27. The number of rotatable bonds is 3. The minimum absolute atomic E-state index is 0.0399. The molecule has 0 N–H and O–H groups in total. The van der Waals surface area contributed by atoms with E-state index in [-0.39, 0.29) is 11.6 Å². The Kier molecular flexibility index (Phi) is 3.36. The second-order valence-electron chi connectivity index (χ2n) is 3.06. The number of benzene rings is 1. The molecular formula is C11H11O2Si. The van der Waals surface area contributed by atoms with Crippen molar-refractivity contribution >= 4 is 27.0 Å². The Morgan fingerprint density at radius 3 is 2.36 bits per heavy atom. The number of carbonyl (C=O) groups is 2. The van der Waals surface area contributed by atoms with Gasteiger partial charge < -0.3 is 0 Å². The molecular weight excluding hydrogens is 192 g/mol. The van der Waals surface area contributed by atoms with Crippen molar-refractivity contribution in [1.82, 2.24) is 0 Å². The van der Waals surface area contributed by atoms with Gasteiger partial charge in [0.15, 0.2) is 11.6 Å². The molecule has 0 saturated heterocycles. The smallest absolute Gasteiger partial charge is 0.162 e. The van der Waals surface area contributed by atoms with Crippen LogP contribution in [0, 0.1) is 0 Å². The molecule has 1 aromatic carbocycles. The summed E-state index contributed by atoms with van der Waals surface area (Å²) in [7, 11) is 3.34. The van der Waals surface area contributed by atoms with Gasteiger partial charge in [0.1, 0.15) is 0 Å². The highest BCUT2D eigenvalue weighted by atomic mass is 28.1. The van der Waals surface area contributed by atoms with E-state index in [2.05, 4.69) is 10.2 Å². The number of hydrogen-bond donors (Lipinski definition) is 0. The highest BCUT2D eigenvalue weighted by Crippen LogP contribution is 2.04. The molecule has 0 aromatic heterocycles. The molecule has 1 aromatic rings. The summed E-state index contributed by atoms with van der Waals surface area (Å²) in [5, 5.41) is 0.604. The molecule has 0 unspecified atom stereocenters. The van der Waals surface area contributed by atoms with Gasteiger partial charge in [-0.2, -0.15) is 0 Å². The Balaban J connectivity index is 3.27. The van der Waals surface area contributed by atoms with Gasteiger partial charge in [-0.1, -0.05) is 25.1 Å². The van der Waals surface area contributed by atoms with Gasteiger partial charge in [0.2, 0.25) is 0 Å². The highest BCUT2D eigenvalue weighted by Gasteiger charge is 2.11. The van der Waals surface area contributed by atoms with E-state index >= 15 is 0 Å². The average molecular weight is 203 g/mol.